The van der Waals surface area contributed by atoms with Gasteiger partial charge in [-0.2, -0.15) is 0 Å². The van der Waals surface area contributed by atoms with Crippen LogP contribution in [0.15, 0.2) is 0 Å². The van der Waals surface area contributed by atoms with Crippen molar-refractivity contribution in [3.05, 3.63) is 0 Å². The Morgan fingerprint density at radius 3 is 2.92 bits per heavy atom. The monoisotopic (exact) mass is 175 g/mol. The van der Waals surface area contributed by atoms with Crippen molar-refractivity contribution in [1.29, 1.82) is 0 Å². The van der Waals surface area contributed by atoms with Gasteiger partial charge >= 0.3 is 0 Å². The SMILES string of the molecule is CC1C[C@@](O)(CNCCO)CO1. The minimum atomic E-state index is -0.728. The number of rotatable bonds is 4. The molecule has 3 N–H and O–H groups in total. The van der Waals surface area contributed by atoms with E-state index in [0.29, 0.717) is 26.1 Å². The van der Waals surface area contributed by atoms with E-state index in [1.165, 1.54) is 0 Å². The highest BCUT2D eigenvalue weighted by molar-refractivity contribution is 4.88. The summed E-state index contributed by atoms with van der Waals surface area (Å²) in [7, 11) is 0. The van der Waals surface area contributed by atoms with Crippen LogP contribution >= 0.6 is 0 Å². The molecule has 4 heteroatoms. The predicted octanol–water partition coefficient (Wildman–Crippen LogP) is -0.892. The van der Waals surface area contributed by atoms with Gasteiger partial charge in [-0.3, -0.25) is 0 Å². The lowest BCUT2D eigenvalue weighted by Gasteiger charge is -2.20. The molecule has 0 bridgehead atoms. The zero-order valence-electron chi connectivity index (χ0n) is 7.42. The van der Waals surface area contributed by atoms with E-state index in [1.807, 2.05) is 6.92 Å². The van der Waals surface area contributed by atoms with Crippen LogP contribution in [-0.4, -0.2) is 48.2 Å². The molecular formula is C8H17NO3. The van der Waals surface area contributed by atoms with Gasteiger partial charge in [-0.05, 0) is 6.92 Å². The van der Waals surface area contributed by atoms with Crippen LogP contribution in [0.5, 0.6) is 0 Å². The van der Waals surface area contributed by atoms with Gasteiger partial charge in [0.2, 0.25) is 0 Å². The number of ether oxygens (including phenoxy) is 1. The van der Waals surface area contributed by atoms with Crippen LogP contribution in [-0.2, 0) is 4.74 Å². The molecule has 12 heavy (non-hydrogen) atoms. The molecule has 0 spiro atoms. The van der Waals surface area contributed by atoms with Gasteiger partial charge in [0.05, 0.1) is 19.3 Å². The number of nitrogens with one attached hydrogen (secondary N) is 1. The predicted molar refractivity (Wildman–Crippen MR) is 44.9 cm³/mol. The molecule has 1 aliphatic heterocycles. The van der Waals surface area contributed by atoms with Crippen molar-refractivity contribution < 1.29 is 14.9 Å². The van der Waals surface area contributed by atoms with Crippen molar-refractivity contribution in [3.8, 4) is 0 Å². The van der Waals surface area contributed by atoms with E-state index in [-0.39, 0.29) is 12.7 Å². The molecule has 0 amide bonds. The van der Waals surface area contributed by atoms with E-state index >= 15 is 0 Å². The lowest BCUT2D eigenvalue weighted by atomic mass is 10.0. The quantitative estimate of drug-likeness (QED) is 0.485. The van der Waals surface area contributed by atoms with Gasteiger partial charge in [0.1, 0.15) is 5.60 Å². The Morgan fingerprint density at radius 1 is 1.67 bits per heavy atom. The molecule has 4 nitrogen and oxygen atoms in total. The van der Waals surface area contributed by atoms with Crippen LogP contribution in [0.2, 0.25) is 0 Å². The third-order valence-electron chi connectivity index (χ3n) is 2.05. The second-order valence-corrected chi connectivity index (χ2v) is 3.45. The third kappa shape index (κ3) is 2.71. The fourth-order valence-electron chi connectivity index (χ4n) is 1.47. The zero-order valence-corrected chi connectivity index (χ0v) is 7.42. The third-order valence-corrected chi connectivity index (χ3v) is 2.05. The molecule has 1 aliphatic rings. The van der Waals surface area contributed by atoms with Gasteiger partial charge in [-0.25, -0.2) is 0 Å². The summed E-state index contributed by atoms with van der Waals surface area (Å²) in [5, 5.41) is 21.3. The van der Waals surface area contributed by atoms with Gasteiger partial charge in [0.15, 0.2) is 0 Å². The first-order valence-corrected chi connectivity index (χ1v) is 4.32. The van der Waals surface area contributed by atoms with Crippen LogP contribution < -0.4 is 5.32 Å². The first-order chi connectivity index (χ1) is 5.66. The Bertz CT molecular complexity index is 142. The van der Waals surface area contributed by atoms with E-state index in [4.69, 9.17) is 9.84 Å². The normalized spacial score (nSPS) is 35.8. The highest BCUT2D eigenvalue weighted by Crippen LogP contribution is 2.22. The maximum absolute atomic E-state index is 9.82. The summed E-state index contributed by atoms with van der Waals surface area (Å²) in [6.45, 7) is 3.47. The first kappa shape index (κ1) is 9.92. The molecule has 2 atom stereocenters. The fraction of sp³-hybridized carbons (Fsp3) is 1.00. The van der Waals surface area contributed by atoms with Crippen LogP contribution in [0, 0.1) is 0 Å². The van der Waals surface area contributed by atoms with Crippen LogP contribution in [0.25, 0.3) is 0 Å². The van der Waals surface area contributed by atoms with Crippen molar-refractivity contribution in [2.24, 2.45) is 0 Å². The Morgan fingerprint density at radius 2 is 2.42 bits per heavy atom. The first-order valence-electron chi connectivity index (χ1n) is 4.32. The largest absolute Gasteiger partial charge is 0.395 e. The molecule has 0 aliphatic carbocycles. The molecular weight excluding hydrogens is 158 g/mol. The summed E-state index contributed by atoms with van der Waals surface area (Å²) < 4.78 is 5.25. The molecule has 0 aromatic heterocycles. The average Bonchev–Trinajstić information content (AvgIpc) is 2.32. The summed E-state index contributed by atoms with van der Waals surface area (Å²) in [4.78, 5) is 0. The minimum absolute atomic E-state index is 0.104. The molecule has 1 heterocycles. The fourth-order valence-corrected chi connectivity index (χ4v) is 1.47. The van der Waals surface area contributed by atoms with Gasteiger partial charge < -0.3 is 20.3 Å². The van der Waals surface area contributed by atoms with Crippen LogP contribution in [0.1, 0.15) is 13.3 Å². The van der Waals surface area contributed by atoms with Gasteiger partial charge in [0, 0.05) is 19.5 Å². The van der Waals surface area contributed by atoms with Gasteiger partial charge in [0.25, 0.3) is 0 Å². The van der Waals surface area contributed by atoms with E-state index in [9.17, 15) is 5.11 Å². The number of hydrogen-bond acceptors (Lipinski definition) is 4. The Balaban J connectivity index is 2.21. The average molecular weight is 175 g/mol. The van der Waals surface area contributed by atoms with Crippen LogP contribution in [0.4, 0.5) is 0 Å². The highest BCUT2D eigenvalue weighted by atomic mass is 16.5. The molecule has 1 unspecified atom stereocenters. The second kappa shape index (κ2) is 4.18. The summed E-state index contributed by atoms with van der Waals surface area (Å²) >= 11 is 0. The lowest BCUT2D eigenvalue weighted by Crippen LogP contribution is -2.42. The van der Waals surface area contributed by atoms with E-state index < -0.39 is 5.60 Å². The standard InChI is InChI=1S/C8H17NO3/c1-7-4-8(11,6-12-7)5-9-2-3-10/h7,9-11H,2-6H2,1H3/t7?,8-/m1/s1. The lowest BCUT2D eigenvalue weighted by molar-refractivity contribution is 0.0226. The van der Waals surface area contributed by atoms with E-state index in [0.717, 1.165) is 0 Å². The molecule has 0 saturated carbocycles. The Hall–Kier alpha value is -0.160. The van der Waals surface area contributed by atoms with Crippen molar-refractivity contribution in [2.75, 3.05) is 26.3 Å². The van der Waals surface area contributed by atoms with Crippen molar-refractivity contribution >= 4 is 0 Å². The van der Waals surface area contributed by atoms with Crippen molar-refractivity contribution in [2.45, 2.75) is 25.0 Å². The molecule has 1 rings (SSSR count). The smallest absolute Gasteiger partial charge is 0.103 e. The van der Waals surface area contributed by atoms with E-state index in [1.54, 1.807) is 0 Å². The Labute approximate surface area is 72.5 Å². The number of aliphatic hydroxyl groups is 2. The van der Waals surface area contributed by atoms with Gasteiger partial charge in [-0.15, -0.1) is 0 Å². The van der Waals surface area contributed by atoms with Crippen molar-refractivity contribution in [3.63, 3.8) is 0 Å². The molecule has 0 aromatic carbocycles. The molecule has 72 valence electrons. The van der Waals surface area contributed by atoms with Gasteiger partial charge in [-0.1, -0.05) is 0 Å². The topological polar surface area (TPSA) is 61.7 Å². The summed E-state index contributed by atoms with van der Waals surface area (Å²) in [5.41, 5.74) is -0.728. The molecule has 1 fully saturated rings. The summed E-state index contributed by atoms with van der Waals surface area (Å²) in [6, 6.07) is 0. The summed E-state index contributed by atoms with van der Waals surface area (Å²) in [6.07, 6.45) is 0.816. The highest BCUT2D eigenvalue weighted by Gasteiger charge is 2.35. The summed E-state index contributed by atoms with van der Waals surface area (Å²) in [5.74, 6) is 0. The maximum atomic E-state index is 9.82. The number of hydrogen-bond donors (Lipinski definition) is 3. The van der Waals surface area contributed by atoms with E-state index in [2.05, 4.69) is 5.32 Å². The second-order valence-electron chi connectivity index (χ2n) is 3.45. The molecule has 1 saturated heterocycles. The van der Waals surface area contributed by atoms with Crippen LogP contribution in [0.3, 0.4) is 0 Å². The van der Waals surface area contributed by atoms with Crippen molar-refractivity contribution in [1.82, 2.24) is 5.32 Å². The maximum Gasteiger partial charge on any atom is 0.103 e. The molecule has 0 radical (unpaired) electrons. The zero-order chi connectivity index (χ0) is 9.03. The number of aliphatic hydroxyl groups excluding tert-OH is 1. The Kier molecular flexibility index (Phi) is 3.46. The minimum Gasteiger partial charge on any atom is -0.395 e. The molecule has 0 aromatic rings.